The maximum Gasteiger partial charge on any atom is 0.280 e. The Kier molecular flexibility index (Phi) is 4.62. The summed E-state index contributed by atoms with van der Waals surface area (Å²) >= 11 is 0. The SMILES string of the molecule is CC1CCN(C(=O)[C@@H](C)[NH+]2CC[NH+](C)CC2)CC1. The molecule has 2 saturated heterocycles. The van der Waals surface area contributed by atoms with Crippen molar-refractivity contribution < 1.29 is 14.6 Å². The Morgan fingerprint density at radius 2 is 1.72 bits per heavy atom. The van der Waals surface area contributed by atoms with Gasteiger partial charge in [0.2, 0.25) is 0 Å². The number of likely N-dealkylation sites (tertiary alicyclic amines) is 1. The number of likely N-dealkylation sites (N-methyl/N-ethyl adjacent to an activating group) is 1. The van der Waals surface area contributed by atoms with Gasteiger partial charge in [0.25, 0.3) is 5.91 Å². The number of piperidine rings is 1. The minimum Gasteiger partial charge on any atom is -0.338 e. The van der Waals surface area contributed by atoms with Gasteiger partial charge in [-0.3, -0.25) is 4.79 Å². The maximum atomic E-state index is 12.5. The average molecular weight is 255 g/mol. The van der Waals surface area contributed by atoms with E-state index in [1.54, 1.807) is 4.90 Å². The summed E-state index contributed by atoms with van der Waals surface area (Å²) < 4.78 is 0. The fourth-order valence-corrected chi connectivity index (χ4v) is 3.11. The Balaban J connectivity index is 1.84. The molecule has 4 nitrogen and oxygen atoms in total. The standard InChI is InChI=1S/C14H27N3O/c1-12-4-6-17(7-5-12)14(18)13(2)16-10-8-15(3)9-11-16/h12-13H,4-11H2,1-3H3/p+2/t13-/m1/s1. The predicted molar refractivity (Wildman–Crippen MR) is 71.8 cm³/mol. The van der Waals surface area contributed by atoms with Crippen molar-refractivity contribution in [1.29, 1.82) is 0 Å². The first-order valence-electron chi connectivity index (χ1n) is 7.52. The first-order valence-corrected chi connectivity index (χ1v) is 7.52. The lowest BCUT2D eigenvalue weighted by atomic mass is 9.98. The maximum absolute atomic E-state index is 12.5. The number of rotatable bonds is 2. The molecule has 0 radical (unpaired) electrons. The first-order chi connectivity index (χ1) is 8.58. The van der Waals surface area contributed by atoms with Crippen LogP contribution >= 0.6 is 0 Å². The molecule has 1 atom stereocenters. The molecule has 18 heavy (non-hydrogen) atoms. The van der Waals surface area contributed by atoms with Gasteiger partial charge in [-0.05, 0) is 25.7 Å². The van der Waals surface area contributed by atoms with Crippen molar-refractivity contribution in [1.82, 2.24) is 4.90 Å². The van der Waals surface area contributed by atoms with Crippen LogP contribution in [0.3, 0.4) is 0 Å². The Hall–Kier alpha value is -0.610. The molecule has 0 bridgehead atoms. The quantitative estimate of drug-likeness (QED) is 0.590. The minimum atomic E-state index is 0.159. The molecule has 4 heteroatoms. The second kappa shape index (κ2) is 6.02. The second-order valence-corrected chi connectivity index (χ2v) is 6.34. The summed E-state index contributed by atoms with van der Waals surface area (Å²) in [6.07, 6.45) is 2.36. The van der Waals surface area contributed by atoms with E-state index in [-0.39, 0.29) is 6.04 Å². The van der Waals surface area contributed by atoms with Gasteiger partial charge in [0, 0.05) is 13.1 Å². The summed E-state index contributed by atoms with van der Waals surface area (Å²) in [5.41, 5.74) is 0. The summed E-state index contributed by atoms with van der Waals surface area (Å²) in [6.45, 7) is 11.0. The smallest absolute Gasteiger partial charge is 0.280 e. The van der Waals surface area contributed by atoms with Crippen LogP contribution in [0.25, 0.3) is 0 Å². The number of hydrogen-bond acceptors (Lipinski definition) is 1. The van der Waals surface area contributed by atoms with Crippen LogP contribution in [0.4, 0.5) is 0 Å². The van der Waals surface area contributed by atoms with Crippen LogP contribution in [-0.2, 0) is 4.79 Å². The number of carbonyl (C=O) groups is 1. The zero-order valence-corrected chi connectivity index (χ0v) is 12.2. The highest BCUT2D eigenvalue weighted by atomic mass is 16.2. The van der Waals surface area contributed by atoms with Crippen molar-refractivity contribution in [3.63, 3.8) is 0 Å². The van der Waals surface area contributed by atoms with E-state index in [9.17, 15) is 4.79 Å². The molecule has 2 aliphatic rings. The number of nitrogens with one attached hydrogen (secondary N) is 2. The normalized spacial score (nSPS) is 32.3. The van der Waals surface area contributed by atoms with E-state index in [2.05, 4.69) is 25.8 Å². The van der Waals surface area contributed by atoms with E-state index < -0.39 is 0 Å². The van der Waals surface area contributed by atoms with Gasteiger partial charge >= 0.3 is 0 Å². The number of amides is 1. The summed E-state index contributed by atoms with van der Waals surface area (Å²) in [7, 11) is 2.25. The largest absolute Gasteiger partial charge is 0.338 e. The molecule has 0 saturated carbocycles. The number of carbonyl (C=O) groups excluding carboxylic acids is 1. The summed E-state index contributed by atoms with van der Waals surface area (Å²) in [5, 5.41) is 0. The number of nitrogens with zero attached hydrogens (tertiary/aromatic N) is 1. The third-order valence-electron chi connectivity index (χ3n) is 4.82. The van der Waals surface area contributed by atoms with Gasteiger partial charge in [0.05, 0.1) is 7.05 Å². The van der Waals surface area contributed by atoms with Crippen LogP contribution in [0, 0.1) is 5.92 Å². The molecule has 0 aliphatic carbocycles. The molecular formula is C14H29N3O+2. The van der Waals surface area contributed by atoms with Crippen LogP contribution in [0.5, 0.6) is 0 Å². The Labute approximate surface area is 111 Å². The van der Waals surface area contributed by atoms with Crippen molar-refractivity contribution in [3.8, 4) is 0 Å². The van der Waals surface area contributed by atoms with Gasteiger partial charge in [0.15, 0.2) is 6.04 Å². The molecule has 0 aromatic carbocycles. The molecule has 0 aromatic rings. The third-order valence-corrected chi connectivity index (χ3v) is 4.82. The van der Waals surface area contributed by atoms with Crippen molar-refractivity contribution in [2.45, 2.75) is 32.7 Å². The molecule has 2 rings (SSSR count). The topological polar surface area (TPSA) is 29.2 Å². The van der Waals surface area contributed by atoms with Crippen LogP contribution in [0.15, 0.2) is 0 Å². The molecule has 2 fully saturated rings. The highest BCUT2D eigenvalue weighted by Gasteiger charge is 2.33. The average Bonchev–Trinajstić information content (AvgIpc) is 2.39. The number of piperazine rings is 1. The summed E-state index contributed by atoms with van der Waals surface area (Å²) in [6, 6.07) is 0.159. The van der Waals surface area contributed by atoms with E-state index in [1.807, 2.05) is 0 Å². The molecule has 0 spiro atoms. The highest BCUT2D eigenvalue weighted by Crippen LogP contribution is 2.16. The zero-order chi connectivity index (χ0) is 13.1. The fraction of sp³-hybridized carbons (Fsp3) is 0.929. The third kappa shape index (κ3) is 3.23. The Morgan fingerprint density at radius 1 is 1.17 bits per heavy atom. The highest BCUT2D eigenvalue weighted by molar-refractivity contribution is 5.80. The zero-order valence-electron chi connectivity index (χ0n) is 12.2. The van der Waals surface area contributed by atoms with Gasteiger partial charge in [-0.15, -0.1) is 0 Å². The minimum absolute atomic E-state index is 0.159. The van der Waals surface area contributed by atoms with Crippen LogP contribution in [-0.4, -0.2) is 63.2 Å². The predicted octanol–water partition coefficient (Wildman–Crippen LogP) is -1.95. The Bertz CT molecular complexity index is 279. The first kappa shape index (κ1) is 13.8. The lowest BCUT2D eigenvalue weighted by molar-refractivity contribution is -1.01. The van der Waals surface area contributed by atoms with Crippen molar-refractivity contribution in [2.75, 3.05) is 46.3 Å². The molecule has 2 heterocycles. The van der Waals surface area contributed by atoms with Gasteiger partial charge in [-0.1, -0.05) is 6.92 Å². The number of quaternary nitrogens is 2. The van der Waals surface area contributed by atoms with Gasteiger partial charge in [-0.2, -0.15) is 0 Å². The van der Waals surface area contributed by atoms with Crippen LogP contribution < -0.4 is 9.80 Å². The molecule has 0 aromatic heterocycles. The lowest BCUT2D eigenvalue weighted by Gasteiger charge is -2.36. The fourth-order valence-electron chi connectivity index (χ4n) is 3.11. The molecular weight excluding hydrogens is 226 g/mol. The monoisotopic (exact) mass is 255 g/mol. The molecule has 104 valence electrons. The van der Waals surface area contributed by atoms with Gasteiger partial charge in [0.1, 0.15) is 26.2 Å². The van der Waals surface area contributed by atoms with Crippen LogP contribution in [0.1, 0.15) is 26.7 Å². The van der Waals surface area contributed by atoms with E-state index in [4.69, 9.17) is 0 Å². The molecule has 0 unspecified atom stereocenters. The summed E-state index contributed by atoms with van der Waals surface area (Å²) in [4.78, 5) is 17.7. The molecule has 2 aliphatic heterocycles. The van der Waals surface area contributed by atoms with Crippen LogP contribution in [0.2, 0.25) is 0 Å². The molecule has 1 amide bonds. The molecule has 2 N–H and O–H groups in total. The number of hydrogen-bond donors (Lipinski definition) is 2. The van der Waals surface area contributed by atoms with Crippen molar-refractivity contribution in [2.24, 2.45) is 5.92 Å². The van der Waals surface area contributed by atoms with Gasteiger partial charge < -0.3 is 14.7 Å². The van der Waals surface area contributed by atoms with E-state index >= 15 is 0 Å². The Morgan fingerprint density at radius 3 is 2.28 bits per heavy atom. The van der Waals surface area contributed by atoms with E-state index in [0.717, 1.165) is 32.1 Å². The van der Waals surface area contributed by atoms with Crippen molar-refractivity contribution >= 4 is 5.91 Å². The summed E-state index contributed by atoms with van der Waals surface area (Å²) in [5.74, 6) is 1.18. The second-order valence-electron chi connectivity index (χ2n) is 6.34. The van der Waals surface area contributed by atoms with Crippen molar-refractivity contribution in [3.05, 3.63) is 0 Å². The van der Waals surface area contributed by atoms with E-state index in [1.165, 1.54) is 30.8 Å². The lowest BCUT2D eigenvalue weighted by Crippen LogP contribution is -3.29. The van der Waals surface area contributed by atoms with Gasteiger partial charge in [-0.25, -0.2) is 0 Å². The van der Waals surface area contributed by atoms with E-state index in [0.29, 0.717) is 5.91 Å².